The van der Waals surface area contributed by atoms with Crippen molar-refractivity contribution in [2.75, 3.05) is 18.4 Å². The van der Waals surface area contributed by atoms with Crippen molar-refractivity contribution in [1.82, 2.24) is 24.8 Å². The molecule has 0 amide bonds. The van der Waals surface area contributed by atoms with Gasteiger partial charge in [0.25, 0.3) is 0 Å². The Morgan fingerprint density at radius 1 is 0.967 bits per heavy atom. The zero-order chi connectivity index (χ0) is 20.9. The summed E-state index contributed by atoms with van der Waals surface area (Å²) in [6, 6.07) is 15.4. The standard InChI is InChI=1S/C23H24N6O/c1-3-29(4-2)14-17-12-18(10-11-20(17)30)27-23-21-22(25-15-26-23)24-13-19(28-21)16-8-6-5-7-9-16/h5-13,15,30H,3-4,14H2,1-2H3,(H,24,25,26,27). The smallest absolute Gasteiger partial charge is 0.183 e. The second-order valence-corrected chi connectivity index (χ2v) is 6.95. The molecule has 0 radical (unpaired) electrons. The van der Waals surface area contributed by atoms with Crippen molar-refractivity contribution in [2.45, 2.75) is 20.4 Å². The van der Waals surface area contributed by atoms with Gasteiger partial charge in [0.15, 0.2) is 17.0 Å². The predicted molar refractivity (Wildman–Crippen MR) is 119 cm³/mol. The number of nitrogens with zero attached hydrogens (tertiary/aromatic N) is 5. The fourth-order valence-corrected chi connectivity index (χ4v) is 3.29. The van der Waals surface area contributed by atoms with Gasteiger partial charge < -0.3 is 10.4 Å². The number of hydrogen-bond donors (Lipinski definition) is 2. The summed E-state index contributed by atoms with van der Waals surface area (Å²) < 4.78 is 0. The van der Waals surface area contributed by atoms with E-state index in [1.54, 1.807) is 12.3 Å². The molecule has 0 unspecified atom stereocenters. The fraction of sp³-hybridized carbons (Fsp3) is 0.217. The molecule has 7 nitrogen and oxygen atoms in total. The van der Waals surface area contributed by atoms with Crippen LogP contribution in [-0.2, 0) is 6.54 Å². The van der Waals surface area contributed by atoms with Crippen molar-refractivity contribution in [1.29, 1.82) is 0 Å². The molecule has 0 aliphatic heterocycles. The first-order chi connectivity index (χ1) is 14.7. The number of phenolic OH excluding ortho intramolecular Hbond substituents is 1. The minimum Gasteiger partial charge on any atom is -0.508 e. The Labute approximate surface area is 175 Å². The topological polar surface area (TPSA) is 87.1 Å². The SMILES string of the molecule is CCN(CC)Cc1cc(Nc2ncnc3ncc(-c4ccccc4)nc23)ccc1O. The molecule has 2 N–H and O–H groups in total. The molecule has 0 bridgehead atoms. The highest BCUT2D eigenvalue weighted by molar-refractivity contribution is 5.86. The lowest BCUT2D eigenvalue weighted by Crippen LogP contribution is -2.22. The van der Waals surface area contributed by atoms with Gasteiger partial charge in [-0.15, -0.1) is 0 Å². The summed E-state index contributed by atoms with van der Waals surface area (Å²) in [5, 5.41) is 13.6. The highest BCUT2D eigenvalue weighted by atomic mass is 16.3. The second kappa shape index (κ2) is 8.84. The summed E-state index contributed by atoms with van der Waals surface area (Å²) in [6.45, 7) is 6.73. The van der Waals surface area contributed by atoms with Gasteiger partial charge in [0, 0.05) is 23.4 Å². The van der Waals surface area contributed by atoms with Crippen molar-refractivity contribution in [3.8, 4) is 17.0 Å². The number of rotatable bonds is 7. The highest BCUT2D eigenvalue weighted by Gasteiger charge is 2.12. The van der Waals surface area contributed by atoms with Gasteiger partial charge in [0.05, 0.1) is 11.9 Å². The van der Waals surface area contributed by atoms with E-state index < -0.39 is 0 Å². The van der Waals surface area contributed by atoms with Crippen LogP contribution in [0.3, 0.4) is 0 Å². The number of fused-ring (bicyclic) bond motifs is 1. The van der Waals surface area contributed by atoms with Gasteiger partial charge in [-0.1, -0.05) is 44.2 Å². The van der Waals surface area contributed by atoms with Gasteiger partial charge in [-0.2, -0.15) is 0 Å². The minimum atomic E-state index is 0.283. The summed E-state index contributed by atoms with van der Waals surface area (Å²) in [7, 11) is 0. The monoisotopic (exact) mass is 400 g/mol. The van der Waals surface area contributed by atoms with Crippen LogP contribution in [0.4, 0.5) is 11.5 Å². The van der Waals surface area contributed by atoms with Crippen LogP contribution < -0.4 is 5.32 Å². The molecule has 4 aromatic rings. The maximum Gasteiger partial charge on any atom is 0.183 e. The number of aromatic nitrogens is 4. The van der Waals surface area contributed by atoms with E-state index in [-0.39, 0.29) is 5.75 Å². The Bertz CT molecular complexity index is 1140. The third-order valence-electron chi connectivity index (χ3n) is 5.04. The first-order valence-corrected chi connectivity index (χ1v) is 10.0. The lowest BCUT2D eigenvalue weighted by atomic mass is 10.1. The van der Waals surface area contributed by atoms with E-state index in [4.69, 9.17) is 4.98 Å². The molecule has 30 heavy (non-hydrogen) atoms. The Kier molecular flexibility index (Phi) is 5.81. The van der Waals surface area contributed by atoms with E-state index in [9.17, 15) is 5.11 Å². The molecule has 0 saturated heterocycles. The van der Waals surface area contributed by atoms with E-state index in [0.29, 0.717) is 23.5 Å². The first-order valence-electron chi connectivity index (χ1n) is 10.0. The molecule has 0 fully saturated rings. The molecule has 0 saturated carbocycles. The minimum absolute atomic E-state index is 0.283. The zero-order valence-electron chi connectivity index (χ0n) is 17.1. The number of aromatic hydroxyl groups is 1. The summed E-state index contributed by atoms with van der Waals surface area (Å²) in [5.74, 6) is 0.857. The average Bonchev–Trinajstić information content (AvgIpc) is 2.80. The quantitative estimate of drug-likeness (QED) is 0.445. The number of hydrogen-bond acceptors (Lipinski definition) is 7. The van der Waals surface area contributed by atoms with Crippen LogP contribution in [0, 0.1) is 0 Å². The van der Waals surface area contributed by atoms with E-state index in [1.165, 1.54) is 6.33 Å². The lowest BCUT2D eigenvalue weighted by Gasteiger charge is -2.19. The molecule has 2 aromatic heterocycles. The van der Waals surface area contributed by atoms with Crippen LogP contribution in [0.2, 0.25) is 0 Å². The zero-order valence-corrected chi connectivity index (χ0v) is 17.1. The normalized spacial score (nSPS) is 11.2. The molecular formula is C23H24N6O. The molecule has 152 valence electrons. The van der Waals surface area contributed by atoms with E-state index in [0.717, 1.165) is 35.6 Å². The van der Waals surface area contributed by atoms with Crippen molar-refractivity contribution >= 4 is 22.7 Å². The Morgan fingerprint density at radius 2 is 1.77 bits per heavy atom. The third-order valence-corrected chi connectivity index (χ3v) is 5.04. The maximum absolute atomic E-state index is 10.3. The Morgan fingerprint density at radius 3 is 2.53 bits per heavy atom. The van der Waals surface area contributed by atoms with Crippen LogP contribution in [-0.4, -0.2) is 43.0 Å². The fourth-order valence-electron chi connectivity index (χ4n) is 3.29. The maximum atomic E-state index is 10.3. The highest BCUT2D eigenvalue weighted by Crippen LogP contribution is 2.27. The molecular weight excluding hydrogens is 376 g/mol. The molecule has 2 aromatic carbocycles. The van der Waals surface area contributed by atoms with E-state index >= 15 is 0 Å². The summed E-state index contributed by atoms with van der Waals surface area (Å²) in [6.07, 6.45) is 3.19. The van der Waals surface area contributed by atoms with Crippen LogP contribution in [0.15, 0.2) is 61.1 Å². The lowest BCUT2D eigenvalue weighted by molar-refractivity contribution is 0.291. The Balaban J connectivity index is 1.68. The van der Waals surface area contributed by atoms with Gasteiger partial charge >= 0.3 is 0 Å². The third kappa shape index (κ3) is 4.21. The second-order valence-electron chi connectivity index (χ2n) is 6.95. The van der Waals surface area contributed by atoms with Gasteiger partial charge in [-0.05, 0) is 31.3 Å². The summed E-state index contributed by atoms with van der Waals surface area (Å²) >= 11 is 0. The number of phenols is 1. The summed E-state index contributed by atoms with van der Waals surface area (Å²) in [4.78, 5) is 20.1. The summed E-state index contributed by atoms with van der Waals surface area (Å²) in [5.41, 5.74) is 4.54. The molecule has 0 spiro atoms. The predicted octanol–water partition coefficient (Wildman–Crippen LogP) is 4.38. The average molecular weight is 400 g/mol. The Hall–Kier alpha value is -3.58. The van der Waals surface area contributed by atoms with Gasteiger partial charge in [-0.3, -0.25) is 4.90 Å². The van der Waals surface area contributed by atoms with E-state index in [1.807, 2.05) is 42.5 Å². The van der Waals surface area contributed by atoms with Gasteiger partial charge in [-0.25, -0.2) is 19.9 Å². The first kappa shape index (κ1) is 19.7. The van der Waals surface area contributed by atoms with Crippen LogP contribution in [0.1, 0.15) is 19.4 Å². The van der Waals surface area contributed by atoms with Crippen LogP contribution >= 0.6 is 0 Å². The van der Waals surface area contributed by atoms with Crippen LogP contribution in [0.25, 0.3) is 22.4 Å². The van der Waals surface area contributed by atoms with Crippen molar-refractivity contribution in [2.24, 2.45) is 0 Å². The van der Waals surface area contributed by atoms with E-state index in [2.05, 4.69) is 39.0 Å². The van der Waals surface area contributed by atoms with Crippen molar-refractivity contribution in [3.63, 3.8) is 0 Å². The number of anilines is 2. The van der Waals surface area contributed by atoms with Crippen molar-refractivity contribution < 1.29 is 5.11 Å². The van der Waals surface area contributed by atoms with Crippen molar-refractivity contribution in [3.05, 3.63) is 66.6 Å². The molecule has 0 aliphatic rings. The molecule has 0 atom stereocenters. The van der Waals surface area contributed by atoms with Crippen LogP contribution in [0.5, 0.6) is 5.75 Å². The molecule has 0 aliphatic carbocycles. The van der Waals surface area contributed by atoms with Gasteiger partial charge in [0.1, 0.15) is 12.1 Å². The number of nitrogens with one attached hydrogen (secondary N) is 1. The molecule has 7 heteroatoms. The number of benzene rings is 2. The van der Waals surface area contributed by atoms with Gasteiger partial charge in [0.2, 0.25) is 0 Å². The molecule has 4 rings (SSSR count). The molecule has 2 heterocycles. The largest absolute Gasteiger partial charge is 0.508 e.